The Morgan fingerprint density at radius 1 is 1.21 bits per heavy atom. The standard InChI is InChI=1S/C13H15ClN4S/c1-7(19)13-17-11(15)9(12(16)18-13)6-8-4-2-3-5-10(8)14/h2-5,7,19H,6H2,1H3,(H4,15,16,17,18). The van der Waals surface area contributed by atoms with Crippen molar-refractivity contribution in [1.29, 1.82) is 0 Å². The maximum absolute atomic E-state index is 6.13. The first kappa shape index (κ1) is 14.0. The van der Waals surface area contributed by atoms with E-state index in [1.54, 1.807) is 0 Å². The quantitative estimate of drug-likeness (QED) is 0.761. The lowest BCUT2D eigenvalue weighted by molar-refractivity contribution is 0.920. The minimum Gasteiger partial charge on any atom is -0.383 e. The number of benzene rings is 1. The van der Waals surface area contributed by atoms with Gasteiger partial charge >= 0.3 is 0 Å². The highest BCUT2D eigenvalue weighted by molar-refractivity contribution is 7.80. The summed E-state index contributed by atoms with van der Waals surface area (Å²) < 4.78 is 0. The number of nitrogens with two attached hydrogens (primary N) is 2. The molecule has 0 saturated heterocycles. The number of halogens is 1. The van der Waals surface area contributed by atoms with Gasteiger partial charge in [0.15, 0.2) is 0 Å². The molecule has 1 heterocycles. The van der Waals surface area contributed by atoms with Crippen LogP contribution in [0.5, 0.6) is 0 Å². The van der Waals surface area contributed by atoms with Crippen LogP contribution in [0.1, 0.15) is 29.1 Å². The van der Waals surface area contributed by atoms with Gasteiger partial charge in [0.2, 0.25) is 0 Å². The Kier molecular flexibility index (Phi) is 4.17. The van der Waals surface area contributed by atoms with Gasteiger partial charge in [0.25, 0.3) is 0 Å². The number of rotatable bonds is 3. The van der Waals surface area contributed by atoms with Crippen LogP contribution < -0.4 is 11.5 Å². The van der Waals surface area contributed by atoms with Gasteiger partial charge < -0.3 is 11.5 Å². The van der Waals surface area contributed by atoms with Crippen LogP contribution in [-0.2, 0) is 6.42 Å². The summed E-state index contributed by atoms with van der Waals surface area (Å²) >= 11 is 10.4. The molecule has 100 valence electrons. The molecule has 0 fully saturated rings. The van der Waals surface area contributed by atoms with Crippen molar-refractivity contribution < 1.29 is 0 Å². The summed E-state index contributed by atoms with van der Waals surface area (Å²) in [5, 5.41) is 0.562. The zero-order valence-electron chi connectivity index (χ0n) is 10.5. The molecule has 2 aromatic rings. The number of anilines is 2. The molecular formula is C13H15ClN4S. The third kappa shape index (κ3) is 3.11. The molecule has 1 aromatic carbocycles. The van der Waals surface area contributed by atoms with Crippen LogP contribution in [0.15, 0.2) is 24.3 Å². The molecule has 4 N–H and O–H groups in total. The van der Waals surface area contributed by atoms with Gasteiger partial charge in [-0.1, -0.05) is 29.8 Å². The van der Waals surface area contributed by atoms with Crippen LogP contribution in [0.4, 0.5) is 11.6 Å². The zero-order chi connectivity index (χ0) is 14.0. The first-order valence-corrected chi connectivity index (χ1v) is 6.71. The molecule has 19 heavy (non-hydrogen) atoms. The highest BCUT2D eigenvalue weighted by atomic mass is 35.5. The largest absolute Gasteiger partial charge is 0.383 e. The molecule has 0 saturated carbocycles. The van der Waals surface area contributed by atoms with Crippen LogP contribution in [-0.4, -0.2) is 9.97 Å². The maximum atomic E-state index is 6.13. The number of nitrogen functional groups attached to an aromatic ring is 2. The lowest BCUT2D eigenvalue weighted by atomic mass is 10.1. The van der Waals surface area contributed by atoms with E-state index < -0.39 is 0 Å². The summed E-state index contributed by atoms with van der Waals surface area (Å²) in [5.74, 6) is 1.29. The van der Waals surface area contributed by atoms with Crippen molar-refractivity contribution in [3.8, 4) is 0 Å². The first-order valence-electron chi connectivity index (χ1n) is 5.82. The number of nitrogens with zero attached hydrogens (tertiary/aromatic N) is 2. The molecule has 0 spiro atoms. The van der Waals surface area contributed by atoms with Crippen LogP contribution in [0.3, 0.4) is 0 Å². The van der Waals surface area contributed by atoms with E-state index in [-0.39, 0.29) is 5.25 Å². The van der Waals surface area contributed by atoms with Crippen LogP contribution in [0.25, 0.3) is 0 Å². The van der Waals surface area contributed by atoms with Gasteiger partial charge in [-0.15, -0.1) is 0 Å². The highest BCUT2D eigenvalue weighted by Gasteiger charge is 2.14. The van der Waals surface area contributed by atoms with Crippen LogP contribution in [0, 0.1) is 0 Å². The Bertz CT molecular complexity index is 578. The third-order valence-electron chi connectivity index (χ3n) is 2.79. The second-order valence-electron chi connectivity index (χ2n) is 4.27. The van der Waals surface area contributed by atoms with E-state index in [0.717, 1.165) is 5.56 Å². The number of hydrogen-bond acceptors (Lipinski definition) is 5. The van der Waals surface area contributed by atoms with Gasteiger partial charge in [-0.25, -0.2) is 9.97 Å². The Labute approximate surface area is 122 Å². The van der Waals surface area contributed by atoms with Crippen molar-refractivity contribution >= 4 is 35.9 Å². The van der Waals surface area contributed by atoms with E-state index >= 15 is 0 Å². The van der Waals surface area contributed by atoms with E-state index in [1.807, 2.05) is 31.2 Å². The van der Waals surface area contributed by atoms with Gasteiger partial charge in [-0.3, -0.25) is 0 Å². The second-order valence-corrected chi connectivity index (χ2v) is 5.46. The summed E-state index contributed by atoms with van der Waals surface area (Å²) in [6.45, 7) is 1.87. The molecule has 0 radical (unpaired) electrons. The molecule has 0 amide bonds. The molecule has 0 aliphatic rings. The average molecular weight is 295 g/mol. The predicted octanol–water partition coefficient (Wildman–Crippen LogP) is 2.88. The van der Waals surface area contributed by atoms with Crippen molar-refractivity contribution in [2.45, 2.75) is 18.6 Å². The van der Waals surface area contributed by atoms with Gasteiger partial charge in [0, 0.05) is 17.0 Å². The van der Waals surface area contributed by atoms with Gasteiger partial charge in [0.1, 0.15) is 17.5 Å². The van der Waals surface area contributed by atoms with Crippen molar-refractivity contribution in [2.75, 3.05) is 11.5 Å². The van der Waals surface area contributed by atoms with Gasteiger partial charge in [-0.2, -0.15) is 12.6 Å². The lowest BCUT2D eigenvalue weighted by Gasteiger charge is -2.12. The fourth-order valence-corrected chi connectivity index (χ4v) is 2.06. The second kappa shape index (κ2) is 5.67. The summed E-state index contributed by atoms with van der Waals surface area (Å²) in [4.78, 5) is 8.45. The van der Waals surface area contributed by atoms with E-state index in [4.69, 9.17) is 23.1 Å². The van der Waals surface area contributed by atoms with E-state index in [9.17, 15) is 0 Å². The van der Waals surface area contributed by atoms with Crippen molar-refractivity contribution in [1.82, 2.24) is 9.97 Å². The summed E-state index contributed by atoms with van der Waals surface area (Å²) in [6, 6.07) is 7.55. The Morgan fingerprint density at radius 3 is 2.32 bits per heavy atom. The number of hydrogen-bond donors (Lipinski definition) is 3. The molecule has 1 aromatic heterocycles. The fraction of sp³-hybridized carbons (Fsp3) is 0.231. The van der Waals surface area contributed by atoms with Crippen LogP contribution in [0.2, 0.25) is 5.02 Å². The average Bonchev–Trinajstić information content (AvgIpc) is 2.35. The maximum Gasteiger partial charge on any atom is 0.145 e. The van der Waals surface area contributed by atoms with E-state index in [2.05, 4.69) is 22.6 Å². The van der Waals surface area contributed by atoms with Crippen molar-refractivity contribution in [3.05, 3.63) is 46.2 Å². The SMILES string of the molecule is CC(S)c1nc(N)c(Cc2ccccc2Cl)c(N)n1. The molecule has 6 heteroatoms. The topological polar surface area (TPSA) is 77.8 Å². The Morgan fingerprint density at radius 2 is 1.79 bits per heavy atom. The Hall–Kier alpha value is -1.46. The molecule has 1 unspecified atom stereocenters. The summed E-state index contributed by atoms with van der Waals surface area (Å²) in [6.07, 6.45) is 0.512. The molecular weight excluding hydrogens is 280 g/mol. The monoisotopic (exact) mass is 294 g/mol. The minimum absolute atomic E-state index is 0.112. The fourth-order valence-electron chi connectivity index (χ4n) is 1.74. The molecule has 0 bridgehead atoms. The molecule has 4 nitrogen and oxygen atoms in total. The summed E-state index contributed by atoms with van der Waals surface area (Å²) in [5.41, 5.74) is 13.5. The lowest BCUT2D eigenvalue weighted by Crippen LogP contribution is -2.10. The minimum atomic E-state index is -0.112. The highest BCUT2D eigenvalue weighted by Crippen LogP contribution is 2.26. The number of aromatic nitrogens is 2. The van der Waals surface area contributed by atoms with Gasteiger partial charge in [-0.05, 0) is 18.6 Å². The molecule has 0 aliphatic carbocycles. The van der Waals surface area contributed by atoms with E-state index in [1.165, 1.54) is 0 Å². The van der Waals surface area contributed by atoms with Crippen molar-refractivity contribution in [2.24, 2.45) is 0 Å². The summed E-state index contributed by atoms with van der Waals surface area (Å²) in [7, 11) is 0. The van der Waals surface area contributed by atoms with Crippen LogP contribution >= 0.6 is 24.2 Å². The Balaban J connectivity index is 2.39. The number of thiol groups is 1. The van der Waals surface area contributed by atoms with Crippen molar-refractivity contribution in [3.63, 3.8) is 0 Å². The first-order chi connectivity index (χ1) is 8.99. The molecule has 0 aliphatic heterocycles. The zero-order valence-corrected chi connectivity index (χ0v) is 12.1. The predicted molar refractivity (Wildman–Crippen MR) is 82.5 cm³/mol. The smallest absolute Gasteiger partial charge is 0.145 e. The molecule has 1 atom stereocenters. The normalized spacial score (nSPS) is 12.4. The van der Waals surface area contributed by atoms with E-state index in [0.29, 0.717) is 34.5 Å². The molecule has 2 rings (SSSR count). The van der Waals surface area contributed by atoms with Gasteiger partial charge in [0.05, 0.1) is 5.25 Å². The third-order valence-corrected chi connectivity index (χ3v) is 3.39.